The number of benzene rings is 2. The molecule has 0 spiro atoms. The molecular weight excluding hydrogens is 265 g/mol. The van der Waals surface area contributed by atoms with Crippen molar-refractivity contribution in [2.45, 2.75) is 26.9 Å². The van der Waals surface area contributed by atoms with Crippen LogP contribution < -0.4 is 5.32 Å². The number of hydrogen-bond acceptors (Lipinski definition) is 2. The van der Waals surface area contributed by atoms with E-state index in [1.165, 1.54) is 12.1 Å². The molecule has 1 aromatic heterocycles. The van der Waals surface area contributed by atoms with Crippen LogP contribution in [0, 0.1) is 12.7 Å². The number of aromatic nitrogens is 2. The van der Waals surface area contributed by atoms with E-state index in [0.29, 0.717) is 6.54 Å². The summed E-state index contributed by atoms with van der Waals surface area (Å²) in [5.41, 5.74) is 3.96. The Morgan fingerprint density at radius 1 is 1.19 bits per heavy atom. The van der Waals surface area contributed by atoms with Crippen molar-refractivity contribution < 1.29 is 4.39 Å². The number of anilines is 1. The van der Waals surface area contributed by atoms with Crippen LogP contribution >= 0.6 is 0 Å². The predicted molar refractivity (Wildman–Crippen MR) is 83.9 cm³/mol. The second-order valence-corrected chi connectivity index (χ2v) is 5.07. The molecule has 3 rings (SSSR count). The number of aryl methyl sites for hydroxylation is 2. The number of para-hydroxylation sites is 2. The van der Waals surface area contributed by atoms with Gasteiger partial charge in [0.2, 0.25) is 0 Å². The third kappa shape index (κ3) is 2.61. The average molecular weight is 283 g/mol. The van der Waals surface area contributed by atoms with Gasteiger partial charge in [-0.25, -0.2) is 9.37 Å². The van der Waals surface area contributed by atoms with Crippen molar-refractivity contribution in [1.82, 2.24) is 9.55 Å². The van der Waals surface area contributed by atoms with Gasteiger partial charge in [-0.1, -0.05) is 18.2 Å². The Bertz CT molecular complexity index is 777. The molecule has 21 heavy (non-hydrogen) atoms. The van der Waals surface area contributed by atoms with Crippen LogP contribution in [-0.4, -0.2) is 9.55 Å². The maximum Gasteiger partial charge on any atom is 0.129 e. The zero-order valence-corrected chi connectivity index (χ0v) is 12.2. The fraction of sp³-hybridized carbons (Fsp3) is 0.235. The Morgan fingerprint density at radius 3 is 2.81 bits per heavy atom. The normalized spacial score (nSPS) is 11.0. The fourth-order valence-corrected chi connectivity index (χ4v) is 2.57. The number of halogens is 1. The molecule has 1 heterocycles. The number of hydrogen-bond donors (Lipinski definition) is 1. The lowest BCUT2D eigenvalue weighted by molar-refractivity contribution is 0.627. The fourth-order valence-electron chi connectivity index (χ4n) is 2.57. The molecule has 4 heteroatoms. The molecule has 2 aromatic carbocycles. The highest BCUT2D eigenvalue weighted by atomic mass is 19.1. The first-order valence-electron chi connectivity index (χ1n) is 7.13. The molecule has 0 bridgehead atoms. The molecule has 0 radical (unpaired) electrons. The molecule has 108 valence electrons. The van der Waals surface area contributed by atoms with E-state index < -0.39 is 0 Å². The second-order valence-electron chi connectivity index (χ2n) is 5.07. The summed E-state index contributed by atoms with van der Waals surface area (Å²) in [4.78, 5) is 4.66. The zero-order valence-electron chi connectivity index (χ0n) is 12.2. The molecule has 3 nitrogen and oxygen atoms in total. The van der Waals surface area contributed by atoms with Crippen molar-refractivity contribution in [3.8, 4) is 0 Å². The Morgan fingerprint density at radius 2 is 2.00 bits per heavy atom. The van der Waals surface area contributed by atoms with Gasteiger partial charge in [-0.3, -0.25) is 0 Å². The number of fused-ring (bicyclic) bond motifs is 1. The summed E-state index contributed by atoms with van der Waals surface area (Å²) in [6.07, 6.45) is 0. The van der Waals surface area contributed by atoms with Crippen LogP contribution in [0.4, 0.5) is 10.1 Å². The van der Waals surface area contributed by atoms with Crippen molar-refractivity contribution >= 4 is 16.7 Å². The van der Waals surface area contributed by atoms with Gasteiger partial charge < -0.3 is 9.88 Å². The lowest BCUT2D eigenvalue weighted by Crippen LogP contribution is -2.08. The highest BCUT2D eigenvalue weighted by Gasteiger charge is 2.09. The van der Waals surface area contributed by atoms with Gasteiger partial charge in [-0.15, -0.1) is 0 Å². The first-order chi connectivity index (χ1) is 10.2. The smallest absolute Gasteiger partial charge is 0.129 e. The number of nitrogens with one attached hydrogen (secondary N) is 1. The van der Waals surface area contributed by atoms with Gasteiger partial charge in [0.1, 0.15) is 11.6 Å². The predicted octanol–water partition coefficient (Wildman–Crippen LogP) is 4.12. The zero-order chi connectivity index (χ0) is 14.8. The maximum absolute atomic E-state index is 13.3. The van der Waals surface area contributed by atoms with E-state index in [1.807, 2.05) is 25.1 Å². The number of nitrogens with zero attached hydrogens (tertiary/aromatic N) is 2. The summed E-state index contributed by atoms with van der Waals surface area (Å²) in [5.74, 6) is 0.731. The lowest BCUT2D eigenvalue weighted by atomic mass is 10.2. The SMILES string of the molecule is CCn1c(CNc2cc(F)ccc2C)nc2ccccc21. The van der Waals surface area contributed by atoms with Gasteiger partial charge in [-0.05, 0) is 43.7 Å². The summed E-state index contributed by atoms with van der Waals surface area (Å²) in [6.45, 7) is 5.50. The largest absolute Gasteiger partial charge is 0.378 e. The molecule has 0 aliphatic carbocycles. The quantitative estimate of drug-likeness (QED) is 0.780. The van der Waals surface area contributed by atoms with E-state index in [2.05, 4.69) is 27.9 Å². The summed E-state index contributed by atoms with van der Waals surface area (Å²) in [7, 11) is 0. The van der Waals surface area contributed by atoms with E-state index >= 15 is 0 Å². The van der Waals surface area contributed by atoms with Crippen molar-refractivity contribution in [1.29, 1.82) is 0 Å². The molecular formula is C17H18FN3. The minimum atomic E-state index is -0.230. The van der Waals surface area contributed by atoms with Crippen LogP contribution in [0.15, 0.2) is 42.5 Å². The van der Waals surface area contributed by atoms with Gasteiger partial charge in [0.15, 0.2) is 0 Å². The van der Waals surface area contributed by atoms with E-state index in [1.54, 1.807) is 6.07 Å². The summed E-state index contributed by atoms with van der Waals surface area (Å²) in [5, 5.41) is 3.28. The molecule has 0 saturated heterocycles. The third-order valence-corrected chi connectivity index (χ3v) is 3.69. The summed E-state index contributed by atoms with van der Waals surface area (Å²) in [6, 6.07) is 12.9. The minimum Gasteiger partial charge on any atom is -0.378 e. The molecule has 0 atom stereocenters. The standard InChI is InChI=1S/C17H18FN3/c1-3-21-16-7-5-4-6-14(16)20-17(21)11-19-15-10-13(18)9-8-12(15)2/h4-10,19H,3,11H2,1-2H3. The molecule has 0 unspecified atom stereocenters. The average Bonchev–Trinajstić information content (AvgIpc) is 2.85. The van der Waals surface area contributed by atoms with E-state index in [9.17, 15) is 4.39 Å². The Kier molecular flexibility index (Phi) is 3.60. The van der Waals surface area contributed by atoms with E-state index in [0.717, 1.165) is 34.7 Å². The van der Waals surface area contributed by atoms with E-state index in [-0.39, 0.29) is 5.82 Å². The van der Waals surface area contributed by atoms with Gasteiger partial charge in [-0.2, -0.15) is 0 Å². The van der Waals surface area contributed by atoms with Gasteiger partial charge in [0.25, 0.3) is 0 Å². The Hall–Kier alpha value is -2.36. The van der Waals surface area contributed by atoms with E-state index in [4.69, 9.17) is 0 Å². The monoisotopic (exact) mass is 283 g/mol. The first kappa shape index (κ1) is 13.6. The van der Waals surface area contributed by atoms with Crippen molar-refractivity contribution in [3.05, 3.63) is 59.7 Å². The highest BCUT2D eigenvalue weighted by Crippen LogP contribution is 2.19. The van der Waals surface area contributed by atoms with Crippen LogP contribution in [0.3, 0.4) is 0 Å². The van der Waals surface area contributed by atoms with Crippen LogP contribution in [0.25, 0.3) is 11.0 Å². The van der Waals surface area contributed by atoms with Gasteiger partial charge >= 0.3 is 0 Å². The molecule has 0 amide bonds. The molecule has 3 aromatic rings. The second kappa shape index (κ2) is 5.56. The molecule has 0 aliphatic heterocycles. The summed E-state index contributed by atoms with van der Waals surface area (Å²) >= 11 is 0. The minimum absolute atomic E-state index is 0.230. The lowest BCUT2D eigenvalue weighted by Gasteiger charge is -2.11. The third-order valence-electron chi connectivity index (χ3n) is 3.69. The first-order valence-corrected chi connectivity index (χ1v) is 7.13. The van der Waals surface area contributed by atoms with Crippen molar-refractivity contribution in [2.75, 3.05) is 5.32 Å². The Balaban J connectivity index is 1.89. The number of imidazole rings is 1. The van der Waals surface area contributed by atoms with Crippen LogP contribution in [0.2, 0.25) is 0 Å². The van der Waals surface area contributed by atoms with Crippen LogP contribution in [0.5, 0.6) is 0 Å². The maximum atomic E-state index is 13.3. The van der Waals surface area contributed by atoms with Gasteiger partial charge in [0.05, 0.1) is 17.6 Å². The number of rotatable bonds is 4. The highest BCUT2D eigenvalue weighted by molar-refractivity contribution is 5.76. The molecule has 0 aliphatic rings. The van der Waals surface area contributed by atoms with Crippen LogP contribution in [0.1, 0.15) is 18.3 Å². The van der Waals surface area contributed by atoms with Crippen molar-refractivity contribution in [3.63, 3.8) is 0 Å². The van der Waals surface area contributed by atoms with Crippen molar-refractivity contribution in [2.24, 2.45) is 0 Å². The Labute approximate surface area is 123 Å². The molecule has 0 fully saturated rings. The molecule has 0 saturated carbocycles. The topological polar surface area (TPSA) is 29.9 Å². The van der Waals surface area contributed by atoms with Gasteiger partial charge in [0, 0.05) is 12.2 Å². The summed E-state index contributed by atoms with van der Waals surface area (Å²) < 4.78 is 15.5. The molecule has 1 N–H and O–H groups in total. The van der Waals surface area contributed by atoms with Crippen LogP contribution in [-0.2, 0) is 13.1 Å².